The molecular weight excluding hydrogens is 410 g/mol. The highest BCUT2D eigenvalue weighted by Gasteiger charge is 2.16. The van der Waals surface area contributed by atoms with Gasteiger partial charge >= 0.3 is 0 Å². The molecule has 1 unspecified atom stereocenters. The van der Waals surface area contributed by atoms with E-state index in [1.54, 1.807) is 24.3 Å². The third-order valence-electron chi connectivity index (χ3n) is 4.20. The molecule has 6 nitrogen and oxygen atoms in total. The van der Waals surface area contributed by atoms with Crippen molar-refractivity contribution in [3.63, 3.8) is 0 Å². The SMILES string of the molecule is O=C(CNc1cccc(Br)c1)Nc1cccc(C(=O)NCC2CCCO2)c1. The van der Waals surface area contributed by atoms with Gasteiger partial charge in [-0.15, -0.1) is 0 Å². The fourth-order valence-corrected chi connectivity index (χ4v) is 3.24. The van der Waals surface area contributed by atoms with Crippen molar-refractivity contribution in [2.75, 3.05) is 30.3 Å². The van der Waals surface area contributed by atoms with Gasteiger partial charge in [0.05, 0.1) is 12.6 Å². The van der Waals surface area contributed by atoms with Gasteiger partial charge in [-0.05, 0) is 49.2 Å². The van der Waals surface area contributed by atoms with E-state index in [0.717, 1.165) is 29.6 Å². The molecule has 0 radical (unpaired) electrons. The van der Waals surface area contributed by atoms with Crippen molar-refractivity contribution >= 4 is 39.1 Å². The Morgan fingerprint density at radius 2 is 1.93 bits per heavy atom. The van der Waals surface area contributed by atoms with Gasteiger partial charge in [-0.25, -0.2) is 0 Å². The van der Waals surface area contributed by atoms with Gasteiger partial charge in [0.1, 0.15) is 0 Å². The lowest BCUT2D eigenvalue weighted by Crippen LogP contribution is -2.31. The Balaban J connectivity index is 1.50. The van der Waals surface area contributed by atoms with Crippen LogP contribution in [0.15, 0.2) is 53.0 Å². The fourth-order valence-electron chi connectivity index (χ4n) is 2.84. The highest BCUT2D eigenvalue weighted by molar-refractivity contribution is 9.10. The van der Waals surface area contributed by atoms with Crippen LogP contribution in [0.25, 0.3) is 0 Å². The van der Waals surface area contributed by atoms with Crippen molar-refractivity contribution < 1.29 is 14.3 Å². The maximum absolute atomic E-state index is 12.3. The number of hydrogen-bond donors (Lipinski definition) is 3. The maximum Gasteiger partial charge on any atom is 0.251 e. The Kier molecular flexibility index (Phi) is 6.84. The zero-order chi connectivity index (χ0) is 19.1. The largest absolute Gasteiger partial charge is 0.376 e. The molecule has 0 aromatic heterocycles. The summed E-state index contributed by atoms with van der Waals surface area (Å²) in [5.74, 6) is -0.360. The molecule has 2 aromatic carbocycles. The number of carbonyl (C=O) groups excluding carboxylic acids is 2. The predicted molar refractivity (Wildman–Crippen MR) is 109 cm³/mol. The number of anilines is 2. The molecule has 3 rings (SSSR count). The number of ether oxygens (including phenoxy) is 1. The third-order valence-corrected chi connectivity index (χ3v) is 4.69. The number of nitrogens with one attached hydrogen (secondary N) is 3. The average molecular weight is 432 g/mol. The molecule has 7 heteroatoms. The standard InChI is InChI=1S/C20H22BrN3O3/c21-15-5-2-6-16(11-15)22-13-19(25)24-17-7-1-4-14(10-17)20(26)23-12-18-8-3-9-27-18/h1-2,4-7,10-11,18,22H,3,8-9,12-13H2,(H,23,26)(H,24,25). The van der Waals surface area contributed by atoms with Gasteiger partial charge in [-0.3, -0.25) is 9.59 Å². The van der Waals surface area contributed by atoms with Crippen LogP contribution in [0.2, 0.25) is 0 Å². The van der Waals surface area contributed by atoms with E-state index < -0.39 is 0 Å². The monoisotopic (exact) mass is 431 g/mol. The molecule has 1 heterocycles. The van der Waals surface area contributed by atoms with E-state index >= 15 is 0 Å². The molecule has 27 heavy (non-hydrogen) atoms. The summed E-state index contributed by atoms with van der Waals surface area (Å²) in [6.45, 7) is 1.40. The molecule has 2 aromatic rings. The third kappa shape index (κ3) is 6.08. The van der Waals surface area contributed by atoms with Crippen molar-refractivity contribution in [3.8, 4) is 0 Å². The van der Waals surface area contributed by atoms with Crippen LogP contribution in [0.3, 0.4) is 0 Å². The van der Waals surface area contributed by atoms with Gasteiger partial charge in [0, 0.05) is 34.6 Å². The Bertz CT molecular complexity index is 807. The van der Waals surface area contributed by atoms with E-state index in [9.17, 15) is 9.59 Å². The second kappa shape index (κ2) is 9.53. The first-order valence-electron chi connectivity index (χ1n) is 8.89. The first kappa shape index (κ1) is 19.4. The second-order valence-corrected chi connectivity index (χ2v) is 7.25. The van der Waals surface area contributed by atoms with Crippen LogP contribution in [0.4, 0.5) is 11.4 Å². The van der Waals surface area contributed by atoms with Crippen LogP contribution in [-0.4, -0.2) is 37.6 Å². The van der Waals surface area contributed by atoms with Crippen LogP contribution < -0.4 is 16.0 Å². The molecule has 1 aliphatic rings. The molecule has 1 fully saturated rings. The smallest absolute Gasteiger partial charge is 0.251 e. The summed E-state index contributed by atoms with van der Waals surface area (Å²) in [6.07, 6.45) is 2.11. The molecule has 1 atom stereocenters. The molecular formula is C20H22BrN3O3. The second-order valence-electron chi connectivity index (χ2n) is 6.34. The molecule has 1 saturated heterocycles. The first-order chi connectivity index (χ1) is 13.1. The summed E-state index contributed by atoms with van der Waals surface area (Å²) >= 11 is 3.39. The zero-order valence-electron chi connectivity index (χ0n) is 14.8. The van der Waals surface area contributed by atoms with Crippen LogP contribution in [0, 0.1) is 0 Å². The minimum Gasteiger partial charge on any atom is -0.376 e. The molecule has 0 bridgehead atoms. The van der Waals surface area contributed by atoms with Crippen molar-refractivity contribution in [2.24, 2.45) is 0 Å². The zero-order valence-corrected chi connectivity index (χ0v) is 16.4. The summed E-state index contributed by atoms with van der Waals surface area (Å²) in [4.78, 5) is 24.4. The number of benzene rings is 2. The Morgan fingerprint density at radius 3 is 2.70 bits per heavy atom. The number of carbonyl (C=O) groups is 2. The molecule has 0 saturated carbocycles. The van der Waals surface area contributed by atoms with Gasteiger partial charge in [-0.2, -0.15) is 0 Å². The number of hydrogen-bond acceptors (Lipinski definition) is 4. The first-order valence-corrected chi connectivity index (χ1v) is 9.68. The number of halogens is 1. The Morgan fingerprint density at radius 1 is 1.11 bits per heavy atom. The van der Waals surface area contributed by atoms with Gasteiger partial charge in [0.15, 0.2) is 0 Å². The fraction of sp³-hybridized carbons (Fsp3) is 0.300. The predicted octanol–water partition coefficient (Wildman–Crippen LogP) is 3.41. The van der Waals surface area contributed by atoms with Crippen LogP contribution in [-0.2, 0) is 9.53 Å². The van der Waals surface area contributed by atoms with Gasteiger partial charge < -0.3 is 20.7 Å². The van der Waals surface area contributed by atoms with Crippen molar-refractivity contribution in [2.45, 2.75) is 18.9 Å². The van der Waals surface area contributed by atoms with E-state index in [1.807, 2.05) is 24.3 Å². The maximum atomic E-state index is 12.3. The minimum atomic E-state index is -0.188. The summed E-state index contributed by atoms with van der Waals surface area (Å²) in [5, 5.41) is 8.74. The molecule has 0 aliphatic carbocycles. The lowest BCUT2D eigenvalue weighted by Gasteiger charge is -2.12. The van der Waals surface area contributed by atoms with Gasteiger partial charge in [-0.1, -0.05) is 28.1 Å². The van der Waals surface area contributed by atoms with Crippen molar-refractivity contribution in [1.29, 1.82) is 0 Å². The van der Waals surface area contributed by atoms with Crippen molar-refractivity contribution in [1.82, 2.24) is 5.32 Å². The van der Waals surface area contributed by atoms with E-state index in [4.69, 9.17) is 4.74 Å². The molecule has 3 N–H and O–H groups in total. The van der Waals surface area contributed by atoms with E-state index in [0.29, 0.717) is 17.8 Å². The minimum absolute atomic E-state index is 0.0981. The highest BCUT2D eigenvalue weighted by Crippen LogP contribution is 2.16. The quantitative estimate of drug-likeness (QED) is 0.627. The van der Waals surface area contributed by atoms with Crippen molar-refractivity contribution in [3.05, 3.63) is 58.6 Å². The normalized spacial score (nSPS) is 16.0. The summed E-state index contributed by atoms with van der Waals surface area (Å²) < 4.78 is 6.44. The summed E-state index contributed by atoms with van der Waals surface area (Å²) in [7, 11) is 0. The summed E-state index contributed by atoms with van der Waals surface area (Å²) in [5.41, 5.74) is 1.94. The Hall–Kier alpha value is -2.38. The topological polar surface area (TPSA) is 79.5 Å². The molecule has 0 spiro atoms. The summed E-state index contributed by atoms with van der Waals surface area (Å²) in [6, 6.07) is 14.5. The number of rotatable bonds is 7. The lowest BCUT2D eigenvalue weighted by molar-refractivity contribution is -0.114. The van der Waals surface area contributed by atoms with Gasteiger partial charge in [0.25, 0.3) is 5.91 Å². The van der Waals surface area contributed by atoms with Crippen LogP contribution >= 0.6 is 15.9 Å². The lowest BCUT2D eigenvalue weighted by atomic mass is 10.1. The Labute approximate surface area is 166 Å². The highest BCUT2D eigenvalue weighted by atomic mass is 79.9. The molecule has 1 aliphatic heterocycles. The molecule has 142 valence electrons. The van der Waals surface area contributed by atoms with E-state index in [2.05, 4.69) is 31.9 Å². The molecule has 2 amide bonds. The van der Waals surface area contributed by atoms with Crippen LogP contribution in [0.5, 0.6) is 0 Å². The van der Waals surface area contributed by atoms with Crippen LogP contribution in [0.1, 0.15) is 23.2 Å². The number of amides is 2. The van der Waals surface area contributed by atoms with E-state index in [-0.39, 0.29) is 24.5 Å². The van der Waals surface area contributed by atoms with Gasteiger partial charge in [0.2, 0.25) is 5.91 Å². The van der Waals surface area contributed by atoms with E-state index in [1.165, 1.54) is 0 Å². The average Bonchev–Trinajstić information content (AvgIpc) is 3.18.